The van der Waals surface area contributed by atoms with Crippen LogP contribution in [0.3, 0.4) is 0 Å². The average Bonchev–Trinajstić information content (AvgIpc) is 2.99. The van der Waals surface area contributed by atoms with Gasteiger partial charge in [-0.05, 0) is 26.0 Å². The quantitative estimate of drug-likeness (QED) is 0.681. The molecule has 1 fully saturated rings. The van der Waals surface area contributed by atoms with Gasteiger partial charge >= 0.3 is 5.69 Å². The number of benzene rings is 1. The largest absolute Gasteiger partial charge is 0.352 e. The predicted molar refractivity (Wildman–Crippen MR) is 112 cm³/mol. The van der Waals surface area contributed by atoms with E-state index in [1.807, 2.05) is 45.0 Å². The van der Waals surface area contributed by atoms with Gasteiger partial charge < -0.3 is 10.2 Å². The SMILES string of the molecule is CC(C)(C)c1nc2ccccc2c2nn(CC(=O)N3CCNC(=O)C3(C)C)c(=O)n12. The van der Waals surface area contributed by atoms with Crippen LogP contribution in [0.5, 0.6) is 0 Å². The third-order valence-corrected chi connectivity index (χ3v) is 5.53. The molecule has 9 heteroatoms. The molecule has 1 N–H and O–H groups in total. The molecule has 158 valence electrons. The van der Waals surface area contributed by atoms with E-state index in [0.717, 1.165) is 10.9 Å². The molecule has 3 aromatic rings. The summed E-state index contributed by atoms with van der Waals surface area (Å²) in [5, 5.41) is 8.01. The first-order chi connectivity index (χ1) is 14.0. The second-order valence-electron chi connectivity index (χ2n) is 9.16. The molecular weight excluding hydrogens is 384 g/mol. The van der Waals surface area contributed by atoms with E-state index >= 15 is 0 Å². The number of fused-ring (bicyclic) bond motifs is 3. The van der Waals surface area contributed by atoms with Crippen molar-refractivity contribution in [3.63, 3.8) is 0 Å². The van der Waals surface area contributed by atoms with E-state index in [1.165, 1.54) is 14.0 Å². The van der Waals surface area contributed by atoms with E-state index < -0.39 is 16.6 Å². The van der Waals surface area contributed by atoms with Crippen LogP contribution in [0.1, 0.15) is 40.4 Å². The fraction of sp³-hybridized carbons (Fsp3) is 0.476. The number of nitrogens with one attached hydrogen (secondary N) is 1. The van der Waals surface area contributed by atoms with Gasteiger partial charge in [0, 0.05) is 23.9 Å². The Hall–Kier alpha value is -3.23. The van der Waals surface area contributed by atoms with E-state index in [1.54, 1.807) is 13.8 Å². The van der Waals surface area contributed by atoms with Crippen LogP contribution in [0.4, 0.5) is 0 Å². The highest BCUT2D eigenvalue weighted by Gasteiger charge is 2.40. The van der Waals surface area contributed by atoms with Crippen LogP contribution in [0.15, 0.2) is 29.1 Å². The fourth-order valence-electron chi connectivity index (χ4n) is 3.85. The first-order valence-corrected chi connectivity index (χ1v) is 9.99. The zero-order valence-corrected chi connectivity index (χ0v) is 17.9. The third kappa shape index (κ3) is 3.05. The zero-order valence-electron chi connectivity index (χ0n) is 17.9. The van der Waals surface area contributed by atoms with Gasteiger partial charge in [-0.15, -0.1) is 5.10 Å². The summed E-state index contributed by atoms with van der Waals surface area (Å²) in [6, 6.07) is 7.50. The summed E-state index contributed by atoms with van der Waals surface area (Å²) < 4.78 is 2.66. The molecule has 0 spiro atoms. The van der Waals surface area contributed by atoms with Crippen molar-refractivity contribution >= 4 is 28.4 Å². The van der Waals surface area contributed by atoms with Gasteiger partial charge in [-0.25, -0.2) is 18.9 Å². The van der Waals surface area contributed by atoms with Crippen molar-refractivity contribution in [2.24, 2.45) is 0 Å². The van der Waals surface area contributed by atoms with Gasteiger partial charge in [-0.1, -0.05) is 32.9 Å². The van der Waals surface area contributed by atoms with E-state index in [-0.39, 0.29) is 18.4 Å². The summed E-state index contributed by atoms with van der Waals surface area (Å²) in [5.41, 5.74) is -0.591. The molecule has 2 amide bonds. The Morgan fingerprint density at radius 2 is 1.90 bits per heavy atom. The first-order valence-electron chi connectivity index (χ1n) is 9.99. The van der Waals surface area contributed by atoms with Gasteiger partial charge in [0.2, 0.25) is 11.8 Å². The minimum Gasteiger partial charge on any atom is -0.352 e. The van der Waals surface area contributed by atoms with Crippen molar-refractivity contribution in [2.75, 3.05) is 13.1 Å². The maximum atomic E-state index is 13.3. The topological polar surface area (TPSA) is 102 Å². The zero-order chi connectivity index (χ0) is 21.8. The standard InChI is InChI=1S/C21H26N6O3/c1-20(2,3)17-23-14-9-7-6-8-13(14)16-24-26(19(30)27(16)17)12-15(28)25-11-10-22-18(29)21(25,4)5/h6-9H,10-12H2,1-5H3,(H,22,29). The number of para-hydroxylation sites is 1. The van der Waals surface area contributed by atoms with Crippen LogP contribution >= 0.6 is 0 Å². The van der Waals surface area contributed by atoms with Gasteiger partial charge in [0.1, 0.15) is 17.9 Å². The Labute approximate surface area is 173 Å². The maximum Gasteiger partial charge on any atom is 0.352 e. The number of carbonyl (C=O) groups is 2. The van der Waals surface area contributed by atoms with E-state index in [9.17, 15) is 14.4 Å². The van der Waals surface area contributed by atoms with Gasteiger partial charge in [0.25, 0.3) is 0 Å². The van der Waals surface area contributed by atoms with Gasteiger partial charge in [-0.2, -0.15) is 0 Å². The molecule has 0 saturated carbocycles. The summed E-state index contributed by atoms with van der Waals surface area (Å²) in [6.45, 7) is 9.86. The lowest BCUT2D eigenvalue weighted by atomic mass is 9.95. The van der Waals surface area contributed by atoms with Crippen LogP contribution in [0, 0.1) is 0 Å². The number of piperazine rings is 1. The first kappa shape index (κ1) is 20.1. The number of aromatic nitrogens is 4. The summed E-state index contributed by atoms with van der Waals surface area (Å²) in [5.74, 6) is 0.0437. The molecule has 0 radical (unpaired) electrons. The maximum absolute atomic E-state index is 13.3. The van der Waals surface area contributed by atoms with Crippen LogP contribution in [-0.2, 0) is 21.5 Å². The third-order valence-electron chi connectivity index (χ3n) is 5.53. The van der Waals surface area contributed by atoms with Crippen LogP contribution in [0.25, 0.3) is 16.6 Å². The molecule has 3 heterocycles. The highest BCUT2D eigenvalue weighted by atomic mass is 16.2. The molecule has 0 aliphatic carbocycles. The lowest BCUT2D eigenvalue weighted by Crippen LogP contribution is -2.64. The minimum atomic E-state index is -0.983. The van der Waals surface area contributed by atoms with Gasteiger partial charge in [0.05, 0.1) is 5.52 Å². The van der Waals surface area contributed by atoms with Gasteiger partial charge in [-0.3, -0.25) is 9.59 Å². The van der Waals surface area contributed by atoms with Crippen molar-refractivity contribution in [2.45, 2.75) is 52.1 Å². The number of hydrogen-bond acceptors (Lipinski definition) is 5. The second kappa shape index (κ2) is 6.65. The number of hydrogen-bond donors (Lipinski definition) is 1. The second-order valence-corrected chi connectivity index (χ2v) is 9.16. The average molecular weight is 410 g/mol. The number of rotatable bonds is 2. The van der Waals surface area contributed by atoms with Crippen molar-refractivity contribution < 1.29 is 9.59 Å². The molecule has 0 bridgehead atoms. The number of nitrogens with zero attached hydrogens (tertiary/aromatic N) is 5. The lowest BCUT2D eigenvalue weighted by molar-refractivity contribution is -0.149. The molecule has 1 aromatic carbocycles. The molecule has 2 aromatic heterocycles. The number of amides is 2. The van der Waals surface area contributed by atoms with E-state index in [4.69, 9.17) is 4.98 Å². The van der Waals surface area contributed by atoms with Crippen LogP contribution in [0.2, 0.25) is 0 Å². The van der Waals surface area contributed by atoms with Crippen molar-refractivity contribution in [1.29, 1.82) is 0 Å². The summed E-state index contributed by atoms with van der Waals surface area (Å²) in [4.78, 5) is 44.7. The lowest BCUT2D eigenvalue weighted by Gasteiger charge is -2.41. The number of carbonyl (C=O) groups excluding carboxylic acids is 2. The van der Waals surface area contributed by atoms with Gasteiger partial charge in [0.15, 0.2) is 5.65 Å². The molecule has 0 unspecified atom stereocenters. The Bertz CT molecular complexity index is 1230. The summed E-state index contributed by atoms with van der Waals surface area (Å²) in [7, 11) is 0. The highest BCUT2D eigenvalue weighted by molar-refractivity contribution is 5.92. The molecule has 30 heavy (non-hydrogen) atoms. The van der Waals surface area contributed by atoms with E-state index in [2.05, 4.69) is 10.4 Å². The summed E-state index contributed by atoms with van der Waals surface area (Å²) >= 11 is 0. The molecule has 1 aliphatic heterocycles. The molecule has 1 saturated heterocycles. The fourth-order valence-corrected chi connectivity index (χ4v) is 3.85. The Balaban J connectivity index is 1.84. The molecule has 4 rings (SSSR count). The molecular formula is C21H26N6O3. The monoisotopic (exact) mass is 410 g/mol. The molecule has 9 nitrogen and oxygen atoms in total. The minimum absolute atomic E-state index is 0.213. The highest BCUT2D eigenvalue weighted by Crippen LogP contribution is 2.25. The van der Waals surface area contributed by atoms with Crippen LogP contribution < -0.4 is 11.0 Å². The van der Waals surface area contributed by atoms with Crippen molar-refractivity contribution in [3.8, 4) is 0 Å². The van der Waals surface area contributed by atoms with Crippen LogP contribution in [-0.4, -0.2) is 54.5 Å². The molecule has 1 aliphatic rings. The van der Waals surface area contributed by atoms with Crippen molar-refractivity contribution in [1.82, 2.24) is 29.4 Å². The smallest absolute Gasteiger partial charge is 0.352 e. The Morgan fingerprint density at radius 1 is 1.20 bits per heavy atom. The Kier molecular flexibility index (Phi) is 4.44. The van der Waals surface area contributed by atoms with E-state index in [0.29, 0.717) is 24.6 Å². The Morgan fingerprint density at radius 3 is 2.60 bits per heavy atom. The van der Waals surface area contributed by atoms with Crippen molar-refractivity contribution in [3.05, 3.63) is 40.6 Å². The predicted octanol–water partition coefficient (Wildman–Crippen LogP) is 1.08. The summed E-state index contributed by atoms with van der Waals surface area (Å²) in [6.07, 6.45) is 0. The normalized spacial score (nSPS) is 16.8. The molecule has 0 atom stereocenters.